The van der Waals surface area contributed by atoms with Crippen molar-refractivity contribution < 1.29 is 34.0 Å². The van der Waals surface area contributed by atoms with Gasteiger partial charge in [0.25, 0.3) is 15.3 Å². The first-order chi connectivity index (χ1) is 9.74. The predicted molar refractivity (Wildman–Crippen MR) is 64.8 cm³/mol. The molecule has 0 aliphatic heterocycles. The molecule has 0 aliphatic rings. The number of rotatable bonds is 12. The first kappa shape index (κ1) is 18.8. The lowest BCUT2D eigenvalue weighted by Crippen LogP contribution is -2.33. The summed E-state index contributed by atoms with van der Waals surface area (Å²) in [6.45, 7) is 0.777. The van der Waals surface area contributed by atoms with E-state index in [2.05, 4.69) is 14.5 Å². The molecule has 0 amide bonds. The van der Waals surface area contributed by atoms with Gasteiger partial charge in [0.15, 0.2) is 0 Å². The van der Waals surface area contributed by atoms with E-state index in [0.717, 1.165) is 0 Å². The van der Waals surface area contributed by atoms with Gasteiger partial charge >= 0.3 is 0 Å². The summed E-state index contributed by atoms with van der Waals surface area (Å²) in [7, 11) is -1.79. The normalized spacial score (nSPS) is 14.5. The predicted octanol–water partition coefficient (Wildman–Crippen LogP) is -0.493. The molecule has 0 spiro atoms. The van der Waals surface area contributed by atoms with Crippen LogP contribution in [0.25, 0.3) is 0 Å². The van der Waals surface area contributed by atoms with Gasteiger partial charge in [-0.3, -0.25) is 4.21 Å². The standard InChI is InChI=1S/C7H13N3O10S/c1-2-6(19-9(13)14)4-21(17)5-7(20-10(15)16)3-18-8(11)12/h6-7H,2-5H2,1H3. The molecule has 0 saturated heterocycles. The van der Waals surface area contributed by atoms with Gasteiger partial charge in [0.1, 0.15) is 18.8 Å². The maximum atomic E-state index is 11.7. The fourth-order valence-electron chi connectivity index (χ4n) is 1.20. The maximum absolute atomic E-state index is 11.7. The van der Waals surface area contributed by atoms with Crippen molar-refractivity contribution in [3.8, 4) is 0 Å². The molecule has 21 heavy (non-hydrogen) atoms. The second-order valence-corrected chi connectivity index (χ2v) is 5.15. The molecule has 0 heterocycles. The Hall–Kier alpha value is -2.25. The molecule has 0 radical (unpaired) electrons. The van der Waals surface area contributed by atoms with E-state index in [9.17, 15) is 34.6 Å². The molecule has 0 N–H and O–H groups in total. The lowest BCUT2D eigenvalue weighted by molar-refractivity contribution is -0.788. The molecule has 0 aromatic rings. The average Bonchev–Trinajstić information content (AvgIpc) is 2.33. The first-order valence-corrected chi connectivity index (χ1v) is 6.98. The third kappa shape index (κ3) is 10.2. The summed E-state index contributed by atoms with van der Waals surface area (Å²) in [6, 6.07) is 0. The van der Waals surface area contributed by atoms with Gasteiger partial charge in [-0.1, -0.05) is 6.92 Å². The third-order valence-electron chi connectivity index (χ3n) is 2.04. The van der Waals surface area contributed by atoms with Gasteiger partial charge in [0.05, 0.1) is 11.5 Å². The van der Waals surface area contributed by atoms with Crippen LogP contribution in [0.5, 0.6) is 0 Å². The minimum absolute atomic E-state index is 0.193. The van der Waals surface area contributed by atoms with Gasteiger partial charge in [-0.15, -0.1) is 30.3 Å². The van der Waals surface area contributed by atoms with E-state index in [-0.39, 0.29) is 12.2 Å². The van der Waals surface area contributed by atoms with E-state index in [1.807, 2.05) is 0 Å². The van der Waals surface area contributed by atoms with E-state index in [1.54, 1.807) is 6.92 Å². The maximum Gasteiger partial charge on any atom is 0.294 e. The van der Waals surface area contributed by atoms with Crippen LogP contribution in [0.15, 0.2) is 0 Å². The second kappa shape index (κ2) is 9.62. The lowest BCUT2D eigenvalue weighted by Gasteiger charge is -2.16. The molecule has 0 aliphatic carbocycles. The molecule has 3 atom stereocenters. The molecule has 0 aromatic carbocycles. The molecule has 0 aromatic heterocycles. The van der Waals surface area contributed by atoms with Gasteiger partial charge in [0, 0.05) is 10.8 Å². The Morgan fingerprint density at radius 2 is 1.43 bits per heavy atom. The van der Waals surface area contributed by atoms with Gasteiger partial charge < -0.3 is 14.5 Å². The molecule has 0 fully saturated rings. The SMILES string of the molecule is CCC(CS(=O)CC(CO[N+](=O)[O-])O[N+](=O)[O-])O[N+](=O)[O-]. The van der Waals surface area contributed by atoms with Crippen molar-refractivity contribution >= 4 is 10.8 Å². The van der Waals surface area contributed by atoms with Crippen molar-refractivity contribution in [2.45, 2.75) is 25.6 Å². The van der Waals surface area contributed by atoms with E-state index in [0.29, 0.717) is 0 Å². The Bertz CT molecular complexity index is 404. The molecule has 0 rings (SSSR count). The van der Waals surface area contributed by atoms with Crippen LogP contribution in [0.3, 0.4) is 0 Å². The summed E-state index contributed by atoms with van der Waals surface area (Å²) in [5.74, 6) is -0.736. The zero-order valence-electron chi connectivity index (χ0n) is 10.8. The fourth-order valence-corrected chi connectivity index (χ4v) is 2.62. The Kier molecular flexibility index (Phi) is 8.59. The van der Waals surface area contributed by atoms with Crippen molar-refractivity contribution in [2.24, 2.45) is 0 Å². The fraction of sp³-hybridized carbons (Fsp3) is 1.00. The molecule has 122 valence electrons. The first-order valence-electron chi connectivity index (χ1n) is 5.49. The molecular weight excluding hydrogens is 318 g/mol. The summed E-state index contributed by atoms with van der Waals surface area (Å²) in [4.78, 5) is 42.6. The van der Waals surface area contributed by atoms with Crippen molar-refractivity contribution in [1.82, 2.24) is 0 Å². The largest absolute Gasteiger partial charge is 0.312 e. The van der Waals surface area contributed by atoms with Crippen LogP contribution < -0.4 is 0 Å². The molecule has 3 unspecified atom stereocenters. The van der Waals surface area contributed by atoms with Crippen LogP contribution in [0.1, 0.15) is 13.3 Å². The average molecular weight is 331 g/mol. The highest BCUT2D eigenvalue weighted by atomic mass is 32.2. The Balaban J connectivity index is 4.45. The minimum Gasteiger partial charge on any atom is -0.312 e. The smallest absolute Gasteiger partial charge is 0.294 e. The number of hydrogen-bond acceptors (Lipinski definition) is 10. The van der Waals surface area contributed by atoms with Crippen LogP contribution in [-0.4, -0.2) is 49.8 Å². The van der Waals surface area contributed by atoms with E-state index in [1.165, 1.54) is 0 Å². The van der Waals surface area contributed by atoms with Crippen LogP contribution in [0.2, 0.25) is 0 Å². The van der Waals surface area contributed by atoms with Gasteiger partial charge in [-0.2, -0.15) is 0 Å². The zero-order chi connectivity index (χ0) is 16.4. The summed E-state index contributed by atoms with van der Waals surface area (Å²) >= 11 is 0. The quantitative estimate of drug-likeness (QED) is 0.335. The Morgan fingerprint density at radius 3 is 1.86 bits per heavy atom. The monoisotopic (exact) mass is 331 g/mol. The topological polar surface area (TPSA) is 174 Å². The molecule has 14 heteroatoms. The summed E-state index contributed by atoms with van der Waals surface area (Å²) in [5, 5.41) is 27.0. The van der Waals surface area contributed by atoms with Crippen LogP contribution in [-0.2, 0) is 25.3 Å². The van der Waals surface area contributed by atoms with E-state index < -0.39 is 50.6 Å². The van der Waals surface area contributed by atoms with Crippen molar-refractivity contribution in [3.05, 3.63) is 30.3 Å². The summed E-state index contributed by atoms with van der Waals surface area (Å²) < 4.78 is 11.7. The zero-order valence-corrected chi connectivity index (χ0v) is 11.6. The summed E-state index contributed by atoms with van der Waals surface area (Å²) in [5.41, 5.74) is 0. The Morgan fingerprint density at radius 1 is 0.952 bits per heavy atom. The molecular formula is C7H13N3O10S. The second-order valence-electron chi connectivity index (χ2n) is 3.60. The van der Waals surface area contributed by atoms with Gasteiger partial charge in [-0.25, -0.2) is 0 Å². The Labute approximate surface area is 119 Å². The van der Waals surface area contributed by atoms with Crippen molar-refractivity contribution in [2.75, 3.05) is 18.1 Å². The molecule has 0 saturated carbocycles. The van der Waals surface area contributed by atoms with Gasteiger partial charge in [0.2, 0.25) is 0 Å². The highest BCUT2D eigenvalue weighted by molar-refractivity contribution is 7.85. The lowest BCUT2D eigenvalue weighted by atomic mass is 10.3. The molecule has 13 nitrogen and oxygen atoms in total. The van der Waals surface area contributed by atoms with E-state index >= 15 is 0 Å². The summed E-state index contributed by atoms with van der Waals surface area (Å²) in [6.07, 6.45) is -2.19. The van der Waals surface area contributed by atoms with E-state index in [4.69, 9.17) is 0 Å². The van der Waals surface area contributed by atoms with Gasteiger partial charge in [-0.05, 0) is 6.42 Å². The van der Waals surface area contributed by atoms with Crippen molar-refractivity contribution in [3.63, 3.8) is 0 Å². The number of nitrogens with zero attached hydrogens (tertiary/aromatic N) is 3. The van der Waals surface area contributed by atoms with Crippen LogP contribution in [0.4, 0.5) is 0 Å². The van der Waals surface area contributed by atoms with Crippen LogP contribution in [0, 0.1) is 30.3 Å². The highest BCUT2D eigenvalue weighted by Gasteiger charge is 2.22. The highest BCUT2D eigenvalue weighted by Crippen LogP contribution is 2.05. The number of hydrogen-bond donors (Lipinski definition) is 0. The third-order valence-corrected chi connectivity index (χ3v) is 3.52. The van der Waals surface area contributed by atoms with Crippen LogP contribution >= 0.6 is 0 Å². The minimum atomic E-state index is -1.79. The van der Waals surface area contributed by atoms with Crippen molar-refractivity contribution in [1.29, 1.82) is 0 Å². The molecule has 0 bridgehead atoms.